The first-order valence-corrected chi connectivity index (χ1v) is 19.1. The monoisotopic (exact) mass is 717 g/mol. The van der Waals surface area contributed by atoms with E-state index in [0.29, 0.717) is 17.6 Å². The molecule has 5 heteroatoms. The lowest BCUT2D eigenvalue weighted by Gasteiger charge is -2.27. The van der Waals surface area contributed by atoms with Crippen molar-refractivity contribution in [3.05, 3.63) is 206 Å². The summed E-state index contributed by atoms with van der Waals surface area (Å²) < 4.78 is 2.36. The quantitative estimate of drug-likeness (QED) is 0.172. The van der Waals surface area contributed by atoms with Crippen LogP contribution in [0, 0.1) is 0 Å². The molecular weight excluding hydrogens is 683 g/mol. The molecule has 264 valence electrons. The Morgan fingerprint density at radius 3 is 1.84 bits per heavy atom. The fraction of sp³-hybridized carbons (Fsp3) is 0.0392. The molecule has 7 aromatic carbocycles. The Balaban J connectivity index is 1.07. The Bertz CT molecular complexity index is 2980. The van der Waals surface area contributed by atoms with Gasteiger partial charge in [0.2, 0.25) is 5.95 Å². The molecule has 1 aliphatic carbocycles. The first-order chi connectivity index (χ1) is 27.8. The maximum Gasteiger partial charge on any atom is 0.234 e. The zero-order chi connectivity index (χ0) is 37.0. The van der Waals surface area contributed by atoms with Gasteiger partial charge >= 0.3 is 0 Å². The Labute approximate surface area is 325 Å². The molecule has 2 unspecified atom stereocenters. The zero-order valence-corrected chi connectivity index (χ0v) is 30.4. The van der Waals surface area contributed by atoms with Crippen molar-refractivity contribution in [2.45, 2.75) is 12.0 Å². The van der Waals surface area contributed by atoms with Crippen LogP contribution in [0.4, 0.5) is 11.6 Å². The summed E-state index contributed by atoms with van der Waals surface area (Å²) in [6.07, 6.45) is 8.81. The van der Waals surface area contributed by atoms with Crippen molar-refractivity contribution in [1.82, 2.24) is 19.5 Å². The summed E-state index contributed by atoms with van der Waals surface area (Å²) >= 11 is 0. The van der Waals surface area contributed by atoms with Crippen LogP contribution in [0.1, 0.15) is 11.5 Å². The van der Waals surface area contributed by atoms with E-state index < -0.39 is 0 Å². The summed E-state index contributed by atoms with van der Waals surface area (Å²) in [7, 11) is 0. The van der Waals surface area contributed by atoms with Crippen molar-refractivity contribution in [3.63, 3.8) is 0 Å². The molecule has 0 bridgehead atoms. The van der Waals surface area contributed by atoms with Gasteiger partial charge in [0, 0.05) is 39.2 Å². The molecule has 0 saturated heterocycles. The van der Waals surface area contributed by atoms with Crippen molar-refractivity contribution in [3.8, 4) is 50.7 Å². The highest BCUT2D eigenvalue weighted by Crippen LogP contribution is 2.47. The molecule has 0 amide bonds. The fourth-order valence-electron chi connectivity index (χ4n) is 8.54. The normalized spacial score (nSPS) is 15.7. The van der Waals surface area contributed by atoms with E-state index in [1.54, 1.807) is 0 Å². The van der Waals surface area contributed by atoms with Crippen LogP contribution in [0.5, 0.6) is 0 Å². The van der Waals surface area contributed by atoms with Gasteiger partial charge in [0.1, 0.15) is 0 Å². The summed E-state index contributed by atoms with van der Waals surface area (Å²) in [5.74, 6) is 2.11. The zero-order valence-electron chi connectivity index (χ0n) is 30.4. The van der Waals surface area contributed by atoms with Gasteiger partial charge in [-0.2, -0.15) is 9.97 Å². The summed E-state index contributed by atoms with van der Waals surface area (Å²) in [6, 6.07) is 62.3. The van der Waals surface area contributed by atoms with Gasteiger partial charge in [-0.25, -0.2) is 4.98 Å². The number of hydrogen-bond acceptors (Lipinski definition) is 4. The van der Waals surface area contributed by atoms with E-state index in [9.17, 15) is 0 Å². The number of hydrogen-bond donors (Lipinski definition) is 0. The van der Waals surface area contributed by atoms with E-state index in [1.165, 1.54) is 33.0 Å². The molecule has 0 saturated carbocycles. The molecule has 0 radical (unpaired) electrons. The van der Waals surface area contributed by atoms with Crippen LogP contribution in [0.25, 0.3) is 72.5 Å². The van der Waals surface area contributed by atoms with Gasteiger partial charge in [0.25, 0.3) is 0 Å². The first-order valence-electron chi connectivity index (χ1n) is 19.1. The highest BCUT2D eigenvalue weighted by Gasteiger charge is 2.39. The third-order valence-corrected chi connectivity index (χ3v) is 11.2. The Kier molecular flexibility index (Phi) is 7.56. The number of para-hydroxylation sites is 2. The lowest BCUT2D eigenvalue weighted by molar-refractivity contribution is 0.728. The van der Waals surface area contributed by atoms with Crippen molar-refractivity contribution in [1.29, 1.82) is 0 Å². The van der Waals surface area contributed by atoms with E-state index >= 15 is 0 Å². The van der Waals surface area contributed by atoms with Gasteiger partial charge in [0.15, 0.2) is 11.6 Å². The number of allylic oxidation sites excluding steroid dienone is 2. The number of rotatable bonds is 6. The van der Waals surface area contributed by atoms with E-state index in [2.05, 4.69) is 204 Å². The molecule has 2 aliphatic rings. The second-order valence-corrected chi connectivity index (χ2v) is 14.4. The number of aromatic nitrogens is 4. The van der Waals surface area contributed by atoms with Crippen LogP contribution in [0.3, 0.4) is 0 Å². The van der Waals surface area contributed by atoms with Gasteiger partial charge in [-0.1, -0.05) is 164 Å². The molecule has 1 aliphatic heterocycles. The molecule has 0 fully saturated rings. The van der Waals surface area contributed by atoms with Crippen LogP contribution in [0.15, 0.2) is 200 Å². The van der Waals surface area contributed by atoms with Crippen LogP contribution >= 0.6 is 0 Å². The van der Waals surface area contributed by atoms with E-state index in [0.717, 1.165) is 39.1 Å². The lowest BCUT2D eigenvalue weighted by atomic mass is 9.92. The van der Waals surface area contributed by atoms with Gasteiger partial charge < -0.3 is 9.47 Å². The second kappa shape index (κ2) is 13.2. The molecule has 9 aromatic rings. The van der Waals surface area contributed by atoms with Crippen molar-refractivity contribution < 1.29 is 0 Å². The summed E-state index contributed by atoms with van der Waals surface area (Å²) in [6.45, 7) is 0. The molecule has 3 heterocycles. The smallest absolute Gasteiger partial charge is 0.234 e. The minimum atomic E-state index is 0.0608. The van der Waals surface area contributed by atoms with E-state index in [4.69, 9.17) is 15.0 Å². The van der Waals surface area contributed by atoms with Gasteiger partial charge in [-0.15, -0.1) is 0 Å². The molecule has 0 N–H and O–H groups in total. The third-order valence-electron chi connectivity index (χ3n) is 11.2. The number of benzene rings is 7. The van der Waals surface area contributed by atoms with Crippen LogP contribution in [-0.2, 0) is 0 Å². The Morgan fingerprint density at radius 2 is 1.02 bits per heavy atom. The maximum absolute atomic E-state index is 5.29. The summed E-state index contributed by atoms with van der Waals surface area (Å²) in [5.41, 5.74) is 12.3. The van der Waals surface area contributed by atoms with Crippen LogP contribution in [0.2, 0.25) is 0 Å². The highest BCUT2D eigenvalue weighted by atomic mass is 15.3. The van der Waals surface area contributed by atoms with Crippen molar-refractivity contribution in [2.75, 3.05) is 4.90 Å². The Hall–Kier alpha value is -7.37. The van der Waals surface area contributed by atoms with E-state index in [-0.39, 0.29) is 12.0 Å². The SMILES string of the molecule is C1=CC2c3ccccc3N(c3nc(-c4ccc(-c5ccccc5)cc4)nc(-c4cccc(-n5c6ccccc6c6cc(-c7ccccc7)ccc65)c4)n3)C2C=C1. The second-order valence-electron chi connectivity index (χ2n) is 14.4. The number of anilines is 2. The maximum atomic E-state index is 5.29. The van der Waals surface area contributed by atoms with Crippen molar-refractivity contribution in [2.24, 2.45) is 0 Å². The molecule has 0 spiro atoms. The summed E-state index contributed by atoms with van der Waals surface area (Å²) in [5, 5.41) is 2.43. The Morgan fingerprint density at radius 1 is 0.411 bits per heavy atom. The van der Waals surface area contributed by atoms with E-state index in [1.807, 2.05) is 6.07 Å². The lowest BCUT2D eigenvalue weighted by Crippen LogP contribution is -2.30. The number of fused-ring (bicyclic) bond motifs is 6. The minimum absolute atomic E-state index is 0.0608. The van der Waals surface area contributed by atoms with Crippen LogP contribution in [-0.4, -0.2) is 25.6 Å². The average Bonchev–Trinajstić information content (AvgIpc) is 3.80. The predicted molar refractivity (Wildman–Crippen MR) is 229 cm³/mol. The largest absolute Gasteiger partial charge is 0.309 e. The standard InChI is InChI=1S/C51H35N5/c1-3-14-34(15-4-1)36-26-28-37(29-27-36)49-52-50(54-51(53-49)56-46-24-11-7-20-41(46)42-21-8-12-25-47(42)56)39-18-13-19-40(32-39)55-45-23-10-9-22-43(45)44-33-38(30-31-48(44)55)35-16-5-2-6-17-35/h1-33,41,46H. The first kappa shape index (κ1) is 32.1. The highest BCUT2D eigenvalue weighted by molar-refractivity contribution is 6.10. The van der Waals surface area contributed by atoms with Crippen LogP contribution < -0.4 is 4.90 Å². The topological polar surface area (TPSA) is 46.8 Å². The predicted octanol–water partition coefficient (Wildman–Crippen LogP) is 12.4. The number of nitrogens with zero attached hydrogens (tertiary/aromatic N) is 5. The molecule has 11 rings (SSSR count). The summed E-state index contributed by atoms with van der Waals surface area (Å²) in [4.78, 5) is 18.0. The molecule has 56 heavy (non-hydrogen) atoms. The third kappa shape index (κ3) is 5.36. The van der Waals surface area contributed by atoms with Gasteiger partial charge in [0.05, 0.1) is 17.1 Å². The molecule has 5 nitrogen and oxygen atoms in total. The van der Waals surface area contributed by atoms with Crippen molar-refractivity contribution >= 4 is 33.4 Å². The molecule has 2 aromatic heterocycles. The van der Waals surface area contributed by atoms with Gasteiger partial charge in [-0.05, 0) is 64.2 Å². The van der Waals surface area contributed by atoms with Gasteiger partial charge in [-0.3, -0.25) is 0 Å². The molecular formula is C51H35N5. The fourth-order valence-corrected chi connectivity index (χ4v) is 8.54. The minimum Gasteiger partial charge on any atom is -0.309 e. The molecule has 2 atom stereocenters. The average molecular weight is 718 g/mol.